The van der Waals surface area contributed by atoms with Gasteiger partial charge >= 0.3 is 5.97 Å². The van der Waals surface area contributed by atoms with E-state index in [-0.39, 0.29) is 12.3 Å². The summed E-state index contributed by atoms with van der Waals surface area (Å²) in [5.74, 6) is -1.23. The van der Waals surface area contributed by atoms with Gasteiger partial charge in [0.1, 0.15) is 0 Å². The second kappa shape index (κ2) is 7.23. The van der Waals surface area contributed by atoms with Crippen LogP contribution in [0.5, 0.6) is 0 Å². The van der Waals surface area contributed by atoms with Gasteiger partial charge in [0.2, 0.25) is 0 Å². The van der Waals surface area contributed by atoms with E-state index in [1.54, 1.807) is 38.2 Å². The van der Waals surface area contributed by atoms with Gasteiger partial charge in [0.15, 0.2) is 0 Å². The highest BCUT2D eigenvalue weighted by atomic mass is 35.5. The molecule has 0 radical (unpaired) electrons. The van der Waals surface area contributed by atoms with Crippen molar-refractivity contribution in [3.05, 3.63) is 46.2 Å². The minimum absolute atomic E-state index is 0.0209. The van der Waals surface area contributed by atoms with Crippen molar-refractivity contribution in [2.24, 2.45) is 0 Å². The molecule has 1 amide bonds. The van der Waals surface area contributed by atoms with Gasteiger partial charge in [0.05, 0.1) is 22.5 Å². The molecule has 0 saturated heterocycles. The van der Waals surface area contributed by atoms with Crippen molar-refractivity contribution in [3.8, 4) is 5.69 Å². The van der Waals surface area contributed by atoms with Gasteiger partial charge in [0.25, 0.3) is 5.91 Å². The molecule has 1 aromatic carbocycles. The molecule has 0 saturated carbocycles. The Kier molecular flexibility index (Phi) is 5.51. The topological polar surface area (TPSA) is 84.2 Å². The SMILES string of the molecule is CC(C)(CCC(=O)O)NC(=O)c1cnn(-c2ccc(Cl)cc2Cl)c1. The molecule has 1 heterocycles. The average molecular weight is 370 g/mol. The van der Waals surface area contributed by atoms with Crippen LogP contribution in [-0.2, 0) is 4.79 Å². The number of aromatic nitrogens is 2. The number of halogens is 2. The summed E-state index contributed by atoms with van der Waals surface area (Å²) in [5, 5.41) is 16.6. The highest BCUT2D eigenvalue weighted by Gasteiger charge is 2.23. The van der Waals surface area contributed by atoms with Gasteiger partial charge in [0, 0.05) is 23.2 Å². The average Bonchev–Trinajstić information content (AvgIpc) is 2.94. The number of carboxylic acid groups (broad SMARTS) is 1. The molecule has 0 aliphatic heterocycles. The predicted molar refractivity (Wildman–Crippen MR) is 92.0 cm³/mol. The van der Waals surface area contributed by atoms with Crippen LogP contribution in [-0.4, -0.2) is 32.3 Å². The first-order valence-corrected chi connectivity index (χ1v) is 7.98. The number of nitrogens with one attached hydrogen (secondary N) is 1. The quantitative estimate of drug-likeness (QED) is 0.815. The van der Waals surface area contributed by atoms with E-state index < -0.39 is 11.5 Å². The predicted octanol–water partition coefficient (Wildman–Crippen LogP) is 3.55. The van der Waals surface area contributed by atoms with E-state index in [2.05, 4.69) is 10.4 Å². The summed E-state index contributed by atoms with van der Waals surface area (Å²) < 4.78 is 1.48. The normalized spacial score (nSPS) is 11.3. The van der Waals surface area contributed by atoms with Crippen LogP contribution in [0.3, 0.4) is 0 Å². The number of aliphatic carboxylic acids is 1. The molecule has 0 atom stereocenters. The number of hydrogen-bond acceptors (Lipinski definition) is 3. The lowest BCUT2D eigenvalue weighted by atomic mass is 9.98. The lowest BCUT2D eigenvalue weighted by Crippen LogP contribution is -2.43. The molecule has 2 N–H and O–H groups in total. The summed E-state index contributed by atoms with van der Waals surface area (Å²) in [6, 6.07) is 4.98. The zero-order valence-electron chi connectivity index (χ0n) is 13.2. The maximum Gasteiger partial charge on any atom is 0.303 e. The molecule has 0 spiro atoms. The number of benzene rings is 1. The van der Waals surface area contributed by atoms with E-state index in [9.17, 15) is 9.59 Å². The van der Waals surface area contributed by atoms with Crippen molar-refractivity contribution < 1.29 is 14.7 Å². The number of rotatable bonds is 6. The molecule has 8 heteroatoms. The summed E-state index contributed by atoms with van der Waals surface area (Å²) in [6.45, 7) is 3.54. The van der Waals surface area contributed by atoms with Crippen LogP contribution in [0.15, 0.2) is 30.6 Å². The first-order valence-electron chi connectivity index (χ1n) is 7.22. The lowest BCUT2D eigenvalue weighted by molar-refractivity contribution is -0.137. The smallest absolute Gasteiger partial charge is 0.303 e. The number of nitrogens with zero attached hydrogens (tertiary/aromatic N) is 2. The summed E-state index contributed by atoms with van der Waals surface area (Å²) in [7, 11) is 0. The van der Waals surface area contributed by atoms with E-state index in [4.69, 9.17) is 28.3 Å². The summed E-state index contributed by atoms with van der Waals surface area (Å²) in [5.41, 5.74) is 0.310. The lowest BCUT2D eigenvalue weighted by Gasteiger charge is -2.25. The Labute approximate surface area is 149 Å². The molecular weight excluding hydrogens is 353 g/mol. The van der Waals surface area contributed by atoms with Crippen molar-refractivity contribution in [1.29, 1.82) is 0 Å². The molecule has 2 aromatic rings. The van der Waals surface area contributed by atoms with Crippen LogP contribution in [0.2, 0.25) is 10.0 Å². The van der Waals surface area contributed by atoms with Crippen molar-refractivity contribution in [3.63, 3.8) is 0 Å². The van der Waals surface area contributed by atoms with Crippen LogP contribution in [0.4, 0.5) is 0 Å². The zero-order valence-corrected chi connectivity index (χ0v) is 14.7. The van der Waals surface area contributed by atoms with Crippen molar-refractivity contribution in [2.45, 2.75) is 32.2 Å². The number of amides is 1. The third-order valence-electron chi connectivity index (χ3n) is 3.42. The van der Waals surface area contributed by atoms with E-state index >= 15 is 0 Å². The van der Waals surface area contributed by atoms with Crippen molar-refractivity contribution in [1.82, 2.24) is 15.1 Å². The highest BCUT2D eigenvalue weighted by Crippen LogP contribution is 2.24. The number of carboxylic acids is 1. The van der Waals surface area contributed by atoms with Crippen LogP contribution >= 0.6 is 23.2 Å². The molecular formula is C16H17Cl2N3O3. The monoisotopic (exact) mass is 369 g/mol. The van der Waals surface area contributed by atoms with Gasteiger partial charge in [-0.1, -0.05) is 23.2 Å². The van der Waals surface area contributed by atoms with Crippen molar-refractivity contribution >= 4 is 35.1 Å². The van der Waals surface area contributed by atoms with Gasteiger partial charge in [-0.3, -0.25) is 9.59 Å². The van der Waals surface area contributed by atoms with Gasteiger partial charge in [-0.15, -0.1) is 0 Å². The molecule has 128 valence electrons. The fourth-order valence-corrected chi connectivity index (χ4v) is 2.60. The first-order chi connectivity index (χ1) is 11.2. The molecule has 0 aliphatic rings. The van der Waals surface area contributed by atoms with E-state index in [0.29, 0.717) is 27.7 Å². The van der Waals surface area contributed by atoms with Crippen LogP contribution < -0.4 is 5.32 Å². The Hall–Kier alpha value is -2.05. The molecule has 24 heavy (non-hydrogen) atoms. The van der Waals surface area contributed by atoms with E-state index in [1.165, 1.54) is 10.9 Å². The summed E-state index contributed by atoms with van der Waals surface area (Å²) in [4.78, 5) is 23.0. The number of hydrogen-bond donors (Lipinski definition) is 2. The van der Waals surface area contributed by atoms with E-state index in [1.807, 2.05) is 0 Å². The van der Waals surface area contributed by atoms with Gasteiger partial charge in [-0.05, 0) is 38.5 Å². The number of carbonyl (C=O) groups excluding carboxylic acids is 1. The maximum absolute atomic E-state index is 12.3. The molecule has 0 bridgehead atoms. The largest absolute Gasteiger partial charge is 0.481 e. The second-order valence-corrected chi connectivity index (χ2v) is 6.84. The van der Waals surface area contributed by atoms with E-state index in [0.717, 1.165) is 0 Å². The summed E-state index contributed by atoms with van der Waals surface area (Å²) >= 11 is 12.0. The van der Waals surface area contributed by atoms with Crippen LogP contribution in [0.25, 0.3) is 5.69 Å². The minimum Gasteiger partial charge on any atom is -0.481 e. The Balaban J connectivity index is 2.12. The van der Waals surface area contributed by atoms with Crippen LogP contribution in [0, 0.1) is 0 Å². The number of carbonyl (C=O) groups is 2. The Morgan fingerprint density at radius 1 is 1.33 bits per heavy atom. The Morgan fingerprint density at radius 2 is 2.04 bits per heavy atom. The third kappa shape index (κ3) is 4.72. The molecule has 1 aromatic heterocycles. The van der Waals surface area contributed by atoms with Crippen LogP contribution in [0.1, 0.15) is 37.0 Å². The first kappa shape index (κ1) is 18.3. The van der Waals surface area contributed by atoms with Gasteiger partial charge in [-0.2, -0.15) is 5.10 Å². The standard InChI is InChI=1S/C16H17Cl2N3O3/c1-16(2,6-5-14(22)23)20-15(24)10-8-19-21(9-10)13-4-3-11(17)7-12(13)18/h3-4,7-9H,5-6H2,1-2H3,(H,20,24)(H,22,23). The fraction of sp³-hybridized carbons (Fsp3) is 0.312. The summed E-state index contributed by atoms with van der Waals surface area (Å²) in [6.07, 6.45) is 3.28. The second-order valence-electron chi connectivity index (χ2n) is 6.00. The Morgan fingerprint density at radius 3 is 2.67 bits per heavy atom. The highest BCUT2D eigenvalue weighted by molar-refractivity contribution is 6.35. The van der Waals surface area contributed by atoms with Crippen molar-refractivity contribution in [2.75, 3.05) is 0 Å². The van der Waals surface area contributed by atoms with Gasteiger partial charge < -0.3 is 10.4 Å². The Bertz CT molecular complexity index is 772. The fourth-order valence-electron chi connectivity index (χ4n) is 2.10. The molecule has 0 fully saturated rings. The molecule has 0 aliphatic carbocycles. The molecule has 6 nitrogen and oxygen atoms in total. The maximum atomic E-state index is 12.3. The zero-order chi connectivity index (χ0) is 17.9. The van der Waals surface area contributed by atoms with Gasteiger partial charge in [-0.25, -0.2) is 4.68 Å². The molecule has 2 rings (SSSR count). The third-order valence-corrected chi connectivity index (χ3v) is 3.95. The molecule has 0 unspecified atom stereocenters. The minimum atomic E-state index is -0.900.